The largest absolute Gasteiger partial charge is 0.355 e. The van der Waals surface area contributed by atoms with Crippen LogP contribution >= 0.6 is 0 Å². The molecular formula is C13H26N2O3S. The van der Waals surface area contributed by atoms with Crippen LogP contribution < -0.4 is 5.32 Å². The first-order chi connectivity index (χ1) is 8.73. The molecule has 1 rings (SSSR count). The van der Waals surface area contributed by atoms with E-state index in [0.717, 1.165) is 6.54 Å². The molecular weight excluding hydrogens is 264 g/mol. The predicted octanol–water partition coefficient (Wildman–Crippen LogP) is 0.656. The highest BCUT2D eigenvalue weighted by atomic mass is 32.2. The first kappa shape index (κ1) is 16.4. The topological polar surface area (TPSA) is 66.5 Å². The summed E-state index contributed by atoms with van der Waals surface area (Å²) in [5, 5.41) is 2.86. The normalized spacial score (nSPS) is 22.4. The quantitative estimate of drug-likeness (QED) is 0.780. The molecule has 1 fully saturated rings. The van der Waals surface area contributed by atoms with Crippen molar-refractivity contribution >= 4 is 15.7 Å². The molecule has 1 amide bonds. The summed E-state index contributed by atoms with van der Waals surface area (Å²) in [6.45, 7) is 9.89. The fourth-order valence-electron chi connectivity index (χ4n) is 2.57. The van der Waals surface area contributed by atoms with Crippen molar-refractivity contribution in [2.45, 2.75) is 46.2 Å². The van der Waals surface area contributed by atoms with Gasteiger partial charge in [-0.25, -0.2) is 8.42 Å². The fraction of sp³-hybridized carbons (Fsp3) is 0.923. The molecule has 1 atom stereocenters. The standard InChI is InChI=1S/C13H26N2O3S/c1-10(2)15(11(3)4)7-6-14-13(16)12-5-8-19(17,18)9-12/h10-12H,5-9H2,1-4H3,(H,14,16). The molecule has 0 saturated carbocycles. The van der Waals surface area contributed by atoms with E-state index < -0.39 is 9.84 Å². The number of amides is 1. The van der Waals surface area contributed by atoms with Crippen LogP contribution in [0, 0.1) is 5.92 Å². The van der Waals surface area contributed by atoms with Gasteiger partial charge in [0.1, 0.15) is 0 Å². The minimum Gasteiger partial charge on any atom is -0.355 e. The minimum atomic E-state index is -2.98. The van der Waals surface area contributed by atoms with E-state index in [-0.39, 0.29) is 23.3 Å². The lowest BCUT2D eigenvalue weighted by molar-refractivity contribution is -0.124. The van der Waals surface area contributed by atoms with Crippen molar-refractivity contribution in [3.05, 3.63) is 0 Å². The SMILES string of the molecule is CC(C)N(CCNC(=O)C1CCS(=O)(=O)C1)C(C)C. The summed E-state index contributed by atoms with van der Waals surface area (Å²) < 4.78 is 22.6. The highest BCUT2D eigenvalue weighted by Crippen LogP contribution is 2.18. The zero-order valence-corrected chi connectivity index (χ0v) is 13.2. The van der Waals surface area contributed by atoms with Crippen molar-refractivity contribution in [3.63, 3.8) is 0 Å². The van der Waals surface area contributed by atoms with Crippen molar-refractivity contribution in [3.8, 4) is 0 Å². The van der Waals surface area contributed by atoms with Crippen molar-refractivity contribution < 1.29 is 13.2 Å². The molecule has 0 aromatic heterocycles. The van der Waals surface area contributed by atoms with E-state index in [1.807, 2.05) is 0 Å². The second-order valence-corrected chi connectivity index (χ2v) is 8.05. The number of carbonyl (C=O) groups is 1. The van der Waals surface area contributed by atoms with Gasteiger partial charge in [0.2, 0.25) is 5.91 Å². The molecule has 0 bridgehead atoms. The zero-order chi connectivity index (χ0) is 14.6. The first-order valence-electron chi connectivity index (χ1n) is 6.97. The third-order valence-electron chi connectivity index (χ3n) is 3.60. The van der Waals surface area contributed by atoms with Crippen molar-refractivity contribution in [2.24, 2.45) is 5.92 Å². The molecule has 0 spiro atoms. The maximum atomic E-state index is 11.9. The molecule has 19 heavy (non-hydrogen) atoms. The van der Waals surface area contributed by atoms with Crippen LogP contribution in [-0.4, -0.2) is 55.9 Å². The van der Waals surface area contributed by atoms with Crippen LogP contribution in [0.1, 0.15) is 34.1 Å². The van der Waals surface area contributed by atoms with Crippen LogP contribution in [0.4, 0.5) is 0 Å². The Morgan fingerprint density at radius 2 is 1.84 bits per heavy atom. The van der Waals surface area contributed by atoms with E-state index in [9.17, 15) is 13.2 Å². The fourth-order valence-corrected chi connectivity index (χ4v) is 4.31. The zero-order valence-electron chi connectivity index (χ0n) is 12.3. The second kappa shape index (κ2) is 6.70. The number of hydrogen-bond donors (Lipinski definition) is 1. The Hall–Kier alpha value is -0.620. The van der Waals surface area contributed by atoms with Gasteiger partial charge >= 0.3 is 0 Å². The second-order valence-electron chi connectivity index (χ2n) is 5.82. The van der Waals surface area contributed by atoms with E-state index in [1.54, 1.807) is 0 Å². The maximum Gasteiger partial charge on any atom is 0.224 e. The predicted molar refractivity (Wildman–Crippen MR) is 76.7 cm³/mol. The van der Waals surface area contributed by atoms with E-state index >= 15 is 0 Å². The smallest absolute Gasteiger partial charge is 0.224 e. The van der Waals surface area contributed by atoms with Gasteiger partial charge in [-0.05, 0) is 34.1 Å². The molecule has 1 heterocycles. The summed E-state index contributed by atoms with van der Waals surface area (Å²) in [6.07, 6.45) is 0.465. The molecule has 0 aromatic carbocycles. The highest BCUT2D eigenvalue weighted by molar-refractivity contribution is 7.91. The lowest BCUT2D eigenvalue weighted by atomic mass is 10.1. The summed E-state index contributed by atoms with van der Waals surface area (Å²) in [5.74, 6) is -0.309. The molecule has 1 saturated heterocycles. The number of hydrogen-bond acceptors (Lipinski definition) is 4. The van der Waals surface area contributed by atoms with Gasteiger partial charge in [-0.2, -0.15) is 0 Å². The third-order valence-corrected chi connectivity index (χ3v) is 5.37. The van der Waals surface area contributed by atoms with E-state index in [2.05, 4.69) is 37.9 Å². The number of carbonyl (C=O) groups excluding carboxylic acids is 1. The van der Waals surface area contributed by atoms with E-state index in [4.69, 9.17) is 0 Å². The molecule has 0 aliphatic carbocycles. The Morgan fingerprint density at radius 1 is 1.26 bits per heavy atom. The van der Waals surface area contributed by atoms with Gasteiger partial charge in [-0.1, -0.05) is 0 Å². The highest BCUT2D eigenvalue weighted by Gasteiger charge is 2.32. The summed E-state index contributed by atoms with van der Waals surface area (Å²) in [6, 6.07) is 0.868. The van der Waals surface area contributed by atoms with Gasteiger partial charge in [0.05, 0.1) is 17.4 Å². The van der Waals surface area contributed by atoms with Gasteiger partial charge in [0, 0.05) is 25.2 Å². The summed E-state index contributed by atoms with van der Waals surface area (Å²) in [4.78, 5) is 14.2. The lowest BCUT2D eigenvalue weighted by Crippen LogP contribution is -2.43. The molecule has 1 N–H and O–H groups in total. The molecule has 1 aliphatic rings. The van der Waals surface area contributed by atoms with Crippen LogP contribution in [0.15, 0.2) is 0 Å². The Balaban J connectivity index is 2.35. The van der Waals surface area contributed by atoms with Gasteiger partial charge in [-0.15, -0.1) is 0 Å². The first-order valence-corrected chi connectivity index (χ1v) is 8.79. The average Bonchev–Trinajstić information content (AvgIpc) is 2.63. The third kappa shape index (κ3) is 5.10. The number of rotatable bonds is 6. The Kier molecular flexibility index (Phi) is 5.80. The van der Waals surface area contributed by atoms with Crippen LogP contribution in [-0.2, 0) is 14.6 Å². The summed E-state index contributed by atoms with van der Waals surface area (Å²) in [7, 11) is -2.98. The summed E-state index contributed by atoms with van der Waals surface area (Å²) >= 11 is 0. The monoisotopic (exact) mass is 290 g/mol. The average molecular weight is 290 g/mol. The number of nitrogens with one attached hydrogen (secondary N) is 1. The van der Waals surface area contributed by atoms with E-state index in [0.29, 0.717) is 25.0 Å². The van der Waals surface area contributed by atoms with Gasteiger partial charge in [0.25, 0.3) is 0 Å². The van der Waals surface area contributed by atoms with Crippen LogP contribution in [0.5, 0.6) is 0 Å². The number of nitrogens with zero attached hydrogens (tertiary/aromatic N) is 1. The molecule has 1 aliphatic heterocycles. The summed E-state index contributed by atoms with van der Waals surface area (Å²) in [5.41, 5.74) is 0. The van der Waals surface area contributed by atoms with Crippen LogP contribution in [0.25, 0.3) is 0 Å². The Morgan fingerprint density at radius 3 is 2.26 bits per heavy atom. The maximum absolute atomic E-state index is 11.9. The lowest BCUT2D eigenvalue weighted by Gasteiger charge is -2.30. The van der Waals surface area contributed by atoms with E-state index in [1.165, 1.54) is 0 Å². The Bertz CT molecular complexity index is 396. The molecule has 5 nitrogen and oxygen atoms in total. The molecule has 6 heteroatoms. The van der Waals surface area contributed by atoms with Crippen LogP contribution in [0.2, 0.25) is 0 Å². The minimum absolute atomic E-state index is 0.0108. The van der Waals surface area contributed by atoms with Gasteiger partial charge in [-0.3, -0.25) is 9.69 Å². The van der Waals surface area contributed by atoms with Crippen molar-refractivity contribution in [1.29, 1.82) is 0 Å². The molecule has 0 aromatic rings. The molecule has 1 unspecified atom stereocenters. The van der Waals surface area contributed by atoms with Gasteiger partial charge in [0.15, 0.2) is 9.84 Å². The Labute approximate surface area is 116 Å². The molecule has 0 radical (unpaired) electrons. The van der Waals surface area contributed by atoms with Crippen molar-refractivity contribution in [2.75, 3.05) is 24.6 Å². The van der Waals surface area contributed by atoms with Gasteiger partial charge < -0.3 is 5.32 Å². The van der Waals surface area contributed by atoms with Crippen LogP contribution in [0.3, 0.4) is 0 Å². The van der Waals surface area contributed by atoms with Crippen molar-refractivity contribution in [1.82, 2.24) is 10.2 Å². The number of sulfone groups is 1. The molecule has 112 valence electrons.